The normalized spacial score (nSPS) is 9.51. The molecule has 8 N–H and O–H groups in total. The van der Waals surface area contributed by atoms with E-state index in [0.717, 1.165) is 22.3 Å². The average molecular weight is 529 g/mol. The molecule has 4 aromatic rings. The van der Waals surface area contributed by atoms with Crippen molar-refractivity contribution in [3.8, 4) is 23.0 Å². The van der Waals surface area contributed by atoms with Crippen LogP contribution >= 0.6 is 0 Å². The second-order valence-electron chi connectivity index (χ2n) is 7.75. The van der Waals surface area contributed by atoms with Gasteiger partial charge in [-0.05, 0) is 74.2 Å². The molecule has 9 heteroatoms. The third-order valence-corrected chi connectivity index (χ3v) is 4.46. The molecule has 0 radical (unpaired) electrons. The zero-order valence-electron chi connectivity index (χ0n) is 21.3. The highest BCUT2D eigenvalue weighted by Crippen LogP contribution is 2.14. The van der Waals surface area contributed by atoms with Crippen LogP contribution in [-0.2, 0) is 0 Å². The smallest absolute Gasteiger partial charge is 0.508 e. The van der Waals surface area contributed by atoms with Crippen molar-refractivity contribution in [2.45, 2.75) is 27.7 Å². The fraction of sp³-hybridized carbons (Fsp3) is 0.143. The van der Waals surface area contributed by atoms with Crippen LogP contribution in [0.1, 0.15) is 22.3 Å². The van der Waals surface area contributed by atoms with Gasteiger partial charge in [0.1, 0.15) is 23.0 Å². The van der Waals surface area contributed by atoms with Gasteiger partial charge >= 0.3 is 9.05 Å². The first-order valence-electron chi connectivity index (χ1n) is 11.1. The van der Waals surface area contributed by atoms with Crippen LogP contribution < -0.4 is 0 Å². The molecule has 0 saturated carbocycles. The molecular formula is C28H36O8Si. The van der Waals surface area contributed by atoms with Crippen molar-refractivity contribution in [1.82, 2.24) is 0 Å². The summed E-state index contributed by atoms with van der Waals surface area (Å²) in [7, 11) is -4.61. The molecule has 4 aromatic carbocycles. The number of aryl methyl sites for hydroxylation is 4. The van der Waals surface area contributed by atoms with E-state index in [9.17, 15) is 0 Å². The lowest BCUT2D eigenvalue weighted by molar-refractivity contribution is 0.117. The van der Waals surface area contributed by atoms with Gasteiger partial charge in [-0.2, -0.15) is 0 Å². The molecule has 0 fully saturated rings. The minimum atomic E-state index is -4.61. The summed E-state index contributed by atoms with van der Waals surface area (Å²) < 4.78 is 0. The lowest BCUT2D eigenvalue weighted by atomic mass is 10.2. The average Bonchev–Trinajstić information content (AvgIpc) is 2.82. The van der Waals surface area contributed by atoms with Crippen molar-refractivity contribution >= 4 is 9.05 Å². The van der Waals surface area contributed by atoms with E-state index in [1.54, 1.807) is 24.3 Å². The molecule has 0 aliphatic heterocycles. The van der Waals surface area contributed by atoms with Gasteiger partial charge in [0.25, 0.3) is 0 Å². The molecule has 0 amide bonds. The number of hydrogen-bond donors (Lipinski definition) is 8. The Balaban J connectivity index is 0.000000442. The first kappa shape index (κ1) is 33.1. The fourth-order valence-corrected chi connectivity index (χ4v) is 2.25. The SMILES string of the molecule is Cc1ccccc1O.Cc1ccccc1O.Cc1ccccc1O.Cc1ccccc1O.O[Si](O)(O)O. The third kappa shape index (κ3) is 18.1. The van der Waals surface area contributed by atoms with E-state index < -0.39 is 9.05 Å². The molecule has 0 aliphatic carbocycles. The van der Waals surface area contributed by atoms with Gasteiger partial charge in [0.2, 0.25) is 0 Å². The Morgan fingerprint density at radius 2 is 0.486 bits per heavy atom. The van der Waals surface area contributed by atoms with E-state index in [4.69, 9.17) is 39.6 Å². The lowest BCUT2D eigenvalue weighted by Gasteiger charge is -1.92. The number of phenols is 4. The molecule has 0 spiro atoms. The molecule has 0 saturated heterocycles. The molecule has 0 unspecified atom stereocenters. The summed E-state index contributed by atoms with van der Waals surface area (Å²) in [5.41, 5.74) is 3.69. The van der Waals surface area contributed by atoms with Gasteiger partial charge < -0.3 is 39.6 Å². The second-order valence-corrected chi connectivity index (χ2v) is 8.95. The molecule has 37 heavy (non-hydrogen) atoms. The summed E-state index contributed by atoms with van der Waals surface area (Å²) in [6, 6.07) is 29.0. The van der Waals surface area contributed by atoms with Crippen molar-refractivity contribution in [1.29, 1.82) is 0 Å². The maximum atomic E-state index is 8.92. The third-order valence-electron chi connectivity index (χ3n) is 4.46. The molecule has 0 aliphatic rings. The minimum absolute atomic E-state index is 0.368. The highest BCUT2D eigenvalue weighted by atomic mass is 28.4. The van der Waals surface area contributed by atoms with Gasteiger partial charge in [-0.15, -0.1) is 0 Å². The highest BCUT2D eigenvalue weighted by Gasteiger charge is 2.22. The largest absolute Gasteiger partial charge is 0.668 e. The predicted molar refractivity (Wildman–Crippen MR) is 146 cm³/mol. The molecule has 200 valence electrons. The van der Waals surface area contributed by atoms with Gasteiger partial charge in [-0.1, -0.05) is 72.8 Å². The second kappa shape index (κ2) is 17.5. The van der Waals surface area contributed by atoms with Gasteiger partial charge in [0.05, 0.1) is 0 Å². The van der Waals surface area contributed by atoms with E-state index in [2.05, 4.69) is 0 Å². The van der Waals surface area contributed by atoms with Crippen LogP contribution in [0.3, 0.4) is 0 Å². The van der Waals surface area contributed by atoms with Crippen LogP contribution in [0.25, 0.3) is 0 Å². The van der Waals surface area contributed by atoms with Crippen molar-refractivity contribution in [2.24, 2.45) is 0 Å². The number of benzene rings is 4. The summed E-state index contributed by atoms with van der Waals surface area (Å²) in [5.74, 6) is 1.47. The number of aromatic hydroxyl groups is 4. The molecule has 4 rings (SSSR count). The zero-order chi connectivity index (χ0) is 28.4. The fourth-order valence-electron chi connectivity index (χ4n) is 2.25. The van der Waals surface area contributed by atoms with Crippen molar-refractivity contribution in [3.05, 3.63) is 119 Å². The number of hydrogen-bond acceptors (Lipinski definition) is 8. The molecule has 8 nitrogen and oxygen atoms in total. The molecule has 0 aromatic heterocycles. The van der Waals surface area contributed by atoms with E-state index in [-0.39, 0.29) is 0 Å². The van der Waals surface area contributed by atoms with Crippen molar-refractivity contribution in [2.75, 3.05) is 0 Å². The monoisotopic (exact) mass is 528 g/mol. The van der Waals surface area contributed by atoms with Crippen LogP contribution in [0.4, 0.5) is 0 Å². The number of phenolic OH excluding ortho intramolecular Hbond substituents is 4. The highest BCUT2D eigenvalue weighted by molar-refractivity contribution is 6.46. The van der Waals surface area contributed by atoms with Gasteiger partial charge in [0, 0.05) is 0 Å². The van der Waals surface area contributed by atoms with Crippen LogP contribution in [0, 0.1) is 27.7 Å². The summed E-state index contributed by atoms with van der Waals surface area (Å²) in [6.07, 6.45) is 0. The van der Waals surface area contributed by atoms with E-state index >= 15 is 0 Å². The van der Waals surface area contributed by atoms with Gasteiger partial charge in [-0.25, -0.2) is 0 Å². The van der Waals surface area contributed by atoms with Crippen LogP contribution in [0.5, 0.6) is 23.0 Å². The molecule has 0 atom stereocenters. The van der Waals surface area contributed by atoms with Crippen molar-refractivity contribution < 1.29 is 39.6 Å². The quantitative estimate of drug-likeness (QED) is 0.158. The number of para-hydroxylation sites is 4. The minimum Gasteiger partial charge on any atom is -0.508 e. The Bertz CT molecular complexity index is 912. The van der Waals surface area contributed by atoms with Gasteiger partial charge in [0.15, 0.2) is 0 Å². The van der Waals surface area contributed by atoms with Crippen LogP contribution in [-0.4, -0.2) is 48.7 Å². The van der Waals surface area contributed by atoms with Crippen molar-refractivity contribution in [3.63, 3.8) is 0 Å². The predicted octanol–water partition coefficient (Wildman–Crippen LogP) is 4.19. The maximum absolute atomic E-state index is 8.92. The summed E-state index contributed by atoms with van der Waals surface area (Å²) in [5, 5.41) is 35.7. The Hall–Kier alpha value is -3.86. The summed E-state index contributed by atoms with van der Waals surface area (Å²) >= 11 is 0. The van der Waals surface area contributed by atoms with Crippen LogP contribution in [0.15, 0.2) is 97.1 Å². The Morgan fingerprint density at radius 1 is 0.351 bits per heavy atom. The van der Waals surface area contributed by atoms with E-state index in [1.165, 1.54) is 0 Å². The van der Waals surface area contributed by atoms with Gasteiger partial charge in [-0.3, -0.25) is 0 Å². The molecule has 0 bridgehead atoms. The van der Waals surface area contributed by atoms with E-state index in [1.807, 2.05) is 100 Å². The lowest BCUT2D eigenvalue weighted by Crippen LogP contribution is -2.33. The Labute approximate surface area is 218 Å². The van der Waals surface area contributed by atoms with Crippen LogP contribution in [0.2, 0.25) is 0 Å². The first-order chi connectivity index (χ1) is 17.2. The molecule has 0 heterocycles. The molecular weight excluding hydrogens is 492 g/mol. The standard InChI is InChI=1S/4C7H8O.H4O4Si/c4*1-6-4-2-3-5-7(6)8;1-5(2,3)4/h4*2-5,8H,1H3;1-4H. The summed E-state index contributed by atoms with van der Waals surface area (Å²) in [6.45, 7) is 7.48. The first-order valence-corrected chi connectivity index (χ1v) is 12.9. The summed E-state index contributed by atoms with van der Waals surface area (Å²) in [4.78, 5) is 29.3. The zero-order valence-corrected chi connectivity index (χ0v) is 22.3. The maximum Gasteiger partial charge on any atom is 0.668 e. The number of rotatable bonds is 0. The topological polar surface area (TPSA) is 162 Å². The van der Waals surface area contributed by atoms with E-state index in [0.29, 0.717) is 23.0 Å². The Kier molecular flexibility index (Phi) is 15.7. The Morgan fingerprint density at radius 3 is 0.568 bits per heavy atom.